The molecular formula is C13H18Cl2N2O2S. The molecule has 1 aromatic rings. The lowest BCUT2D eigenvalue weighted by molar-refractivity contribution is 0.278. The molecule has 0 radical (unpaired) electrons. The monoisotopic (exact) mass is 336 g/mol. The second-order valence-corrected chi connectivity index (χ2v) is 7.95. The van der Waals surface area contributed by atoms with Crippen molar-refractivity contribution in [3.05, 3.63) is 33.8 Å². The molecule has 0 bridgehead atoms. The topological polar surface area (TPSA) is 63.4 Å². The molecule has 2 rings (SSSR count). The number of rotatable bonds is 4. The number of hydrogen-bond acceptors (Lipinski definition) is 3. The molecule has 0 unspecified atom stereocenters. The summed E-state index contributed by atoms with van der Waals surface area (Å²) in [5, 5.41) is 0.897. The molecule has 1 heterocycles. The Morgan fingerprint density at radius 1 is 1.15 bits per heavy atom. The summed E-state index contributed by atoms with van der Waals surface area (Å²) in [6, 6.07) is 4.86. The molecule has 0 amide bonds. The van der Waals surface area contributed by atoms with Crippen LogP contribution in [0.15, 0.2) is 18.2 Å². The van der Waals surface area contributed by atoms with E-state index in [2.05, 4.69) is 0 Å². The molecule has 1 aromatic carbocycles. The third-order valence-corrected chi connectivity index (χ3v) is 5.86. The Kier molecular flexibility index (Phi) is 5.31. The zero-order valence-electron chi connectivity index (χ0n) is 11.1. The van der Waals surface area contributed by atoms with E-state index in [0.29, 0.717) is 41.2 Å². The molecule has 1 aliphatic heterocycles. The molecule has 7 heteroatoms. The fourth-order valence-electron chi connectivity index (χ4n) is 2.42. The third-order valence-electron chi connectivity index (χ3n) is 3.57. The van der Waals surface area contributed by atoms with Crippen LogP contribution in [0.5, 0.6) is 0 Å². The van der Waals surface area contributed by atoms with E-state index in [1.165, 1.54) is 4.31 Å². The van der Waals surface area contributed by atoms with Crippen molar-refractivity contribution in [2.75, 3.05) is 19.6 Å². The normalized spacial score (nSPS) is 18.4. The van der Waals surface area contributed by atoms with Crippen LogP contribution in [0.2, 0.25) is 10.0 Å². The van der Waals surface area contributed by atoms with Crippen molar-refractivity contribution in [2.45, 2.75) is 18.6 Å². The fourth-order valence-corrected chi connectivity index (χ4v) is 4.53. The zero-order valence-corrected chi connectivity index (χ0v) is 13.4. The summed E-state index contributed by atoms with van der Waals surface area (Å²) in [4.78, 5) is 0. The molecule has 0 spiro atoms. The molecule has 1 fully saturated rings. The van der Waals surface area contributed by atoms with Gasteiger partial charge in [0.05, 0.1) is 5.75 Å². The van der Waals surface area contributed by atoms with Crippen LogP contribution < -0.4 is 5.73 Å². The highest BCUT2D eigenvalue weighted by molar-refractivity contribution is 7.88. The predicted molar refractivity (Wildman–Crippen MR) is 82.4 cm³/mol. The average molecular weight is 337 g/mol. The second kappa shape index (κ2) is 6.62. The number of sulfonamides is 1. The third kappa shape index (κ3) is 4.09. The van der Waals surface area contributed by atoms with Gasteiger partial charge in [-0.15, -0.1) is 0 Å². The van der Waals surface area contributed by atoms with E-state index in [0.717, 1.165) is 12.8 Å². The van der Waals surface area contributed by atoms with Crippen LogP contribution in [-0.2, 0) is 15.8 Å². The Bertz CT molecular complexity index is 549. The molecule has 1 aliphatic rings. The number of piperidine rings is 1. The molecule has 0 saturated carbocycles. The van der Waals surface area contributed by atoms with Crippen LogP contribution in [-0.4, -0.2) is 32.4 Å². The van der Waals surface area contributed by atoms with Gasteiger partial charge < -0.3 is 5.73 Å². The van der Waals surface area contributed by atoms with Crippen LogP contribution in [0, 0.1) is 5.92 Å². The molecule has 0 atom stereocenters. The van der Waals surface area contributed by atoms with Crippen LogP contribution in [0.25, 0.3) is 0 Å². The minimum Gasteiger partial charge on any atom is -0.330 e. The Hall–Kier alpha value is -0.330. The quantitative estimate of drug-likeness (QED) is 0.918. The lowest BCUT2D eigenvalue weighted by Crippen LogP contribution is -2.40. The summed E-state index contributed by atoms with van der Waals surface area (Å²) in [6.07, 6.45) is 1.65. The van der Waals surface area contributed by atoms with Crippen molar-refractivity contribution in [3.8, 4) is 0 Å². The highest BCUT2D eigenvalue weighted by Crippen LogP contribution is 2.24. The largest absolute Gasteiger partial charge is 0.330 e. The van der Waals surface area contributed by atoms with E-state index in [-0.39, 0.29) is 5.75 Å². The number of halogens is 2. The van der Waals surface area contributed by atoms with Crippen molar-refractivity contribution in [2.24, 2.45) is 11.7 Å². The highest BCUT2D eigenvalue weighted by atomic mass is 35.5. The minimum atomic E-state index is -3.33. The van der Waals surface area contributed by atoms with Crippen LogP contribution >= 0.6 is 23.2 Å². The van der Waals surface area contributed by atoms with Gasteiger partial charge in [-0.1, -0.05) is 23.2 Å². The summed E-state index contributed by atoms with van der Waals surface area (Å²) in [5.41, 5.74) is 6.23. The number of hydrogen-bond donors (Lipinski definition) is 1. The molecular weight excluding hydrogens is 319 g/mol. The van der Waals surface area contributed by atoms with Crippen LogP contribution in [0.4, 0.5) is 0 Å². The highest BCUT2D eigenvalue weighted by Gasteiger charge is 2.27. The summed E-state index contributed by atoms with van der Waals surface area (Å²) in [6.45, 7) is 1.70. The first kappa shape index (κ1) is 16.0. The van der Waals surface area contributed by atoms with Gasteiger partial charge in [0.2, 0.25) is 10.0 Å². The van der Waals surface area contributed by atoms with Crippen LogP contribution in [0.3, 0.4) is 0 Å². The van der Waals surface area contributed by atoms with E-state index >= 15 is 0 Å². The average Bonchev–Trinajstić information content (AvgIpc) is 2.37. The maximum absolute atomic E-state index is 12.4. The van der Waals surface area contributed by atoms with Gasteiger partial charge in [0.1, 0.15) is 0 Å². The Balaban J connectivity index is 2.07. The van der Waals surface area contributed by atoms with Crippen molar-refractivity contribution in [3.63, 3.8) is 0 Å². The molecule has 2 N–H and O–H groups in total. The van der Waals surface area contributed by atoms with Crippen molar-refractivity contribution < 1.29 is 8.42 Å². The summed E-state index contributed by atoms with van der Waals surface area (Å²) >= 11 is 11.8. The lowest BCUT2D eigenvalue weighted by atomic mass is 9.99. The first-order valence-corrected chi connectivity index (χ1v) is 8.90. The van der Waals surface area contributed by atoms with Gasteiger partial charge in [-0.25, -0.2) is 12.7 Å². The second-order valence-electron chi connectivity index (χ2n) is 5.11. The van der Waals surface area contributed by atoms with Crippen LogP contribution in [0.1, 0.15) is 18.4 Å². The molecule has 0 aromatic heterocycles. The molecule has 112 valence electrons. The SMILES string of the molecule is NCC1CCN(S(=O)(=O)Cc2cc(Cl)cc(Cl)c2)CC1. The van der Waals surface area contributed by atoms with E-state index in [4.69, 9.17) is 28.9 Å². The lowest BCUT2D eigenvalue weighted by Gasteiger charge is -2.30. The van der Waals surface area contributed by atoms with E-state index in [9.17, 15) is 8.42 Å². The predicted octanol–water partition coefficient (Wildman–Crippen LogP) is 2.49. The van der Waals surface area contributed by atoms with Gasteiger partial charge in [-0.2, -0.15) is 0 Å². The minimum absolute atomic E-state index is 0.0689. The van der Waals surface area contributed by atoms with Crippen molar-refractivity contribution in [1.29, 1.82) is 0 Å². The summed E-state index contributed by atoms with van der Waals surface area (Å²) in [7, 11) is -3.33. The van der Waals surface area contributed by atoms with Crippen molar-refractivity contribution >= 4 is 33.2 Å². The smallest absolute Gasteiger partial charge is 0.218 e. The van der Waals surface area contributed by atoms with Gasteiger partial charge in [0, 0.05) is 23.1 Å². The van der Waals surface area contributed by atoms with Crippen molar-refractivity contribution in [1.82, 2.24) is 4.31 Å². The standard InChI is InChI=1S/C13H18Cl2N2O2S/c14-12-5-11(6-13(15)7-12)9-20(18,19)17-3-1-10(8-16)2-4-17/h5-7,10H,1-4,8-9,16H2. The fraction of sp³-hybridized carbons (Fsp3) is 0.538. The number of benzene rings is 1. The van der Waals surface area contributed by atoms with Gasteiger partial charge in [0.15, 0.2) is 0 Å². The zero-order chi connectivity index (χ0) is 14.8. The van der Waals surface area contributed by atoms with E-state index in [1.807, 2.05) is 0 Å². The Labute approximate surface area is 129 Å². The van der Waals surface area contributed by atoms with E-state index in [1.54, 1.807) is 18.2 Å². The summed E-state index contributed by atoms with van der Waals surface area (Å²) < 4.78 is 26.3. The van der Waals surface area contributed by atoms with Gasteiger partial charge in [0.25, 0.3) is 0 Å². The number of nitrogens with two attached hydrogens (primary N) is 1. The van der Waals surface area contributed by atoms with E-state index < -0.39 is 10.0 Å². The first-order valence-electron chi connectivity index (χ1n) is 6.53. The molecule has 0 aliphatic carbocycles. The number of nitrogens with zero attached hydrogens (tertiary/aromatic N) is 1. The molecule has 1 saturated heterocycles. The first-order chi connectivity index (χ1) is 9.40. The maximum atomic E-state index is 12.4. The maximum Gasteiger partial charge on any atom is 0.218 e. The molecule has 4 nitrogen and oxygen atoms in total. The molecule has 20 heavy (non-hydrogen) atoms. The summed E-state index contributed by atoms with van der Waals surface area (Å²) in [5.74, 6) is 0.364. The Morgan fingerprint density at radius 2 is 1.70 bits per heavy atom. The Morgan fingerprint density at radius 3 is 2.20 bits per heavy atom. The van der Waals surface area contributed by atoms with Gasteiger partial charge >= 0.3 is 0 Å². The van der Waals surface area contributed by atoms with Gasteiger partial charge in [-0.3, -0.25) is 0 Å². The van der Waals surface area contributed by atoms with Gasteiger partial charge in [-0.05, 0) is 49.1 Å².